The molecule has 0 aromatic heterocycles. The summed E-state index contributed by atoms with van der Waals surface area (Å²) in [5.41, 5.74) is 3.74. The summed E-state index contributed by atoms with van der Waals surface area (Å²) < 4.78 is 6.05. The van der Waals surface area contributed by atoms with Crippen LogP contribution in [-0.2, 0) is 17.9 Å². The molecule has 1 N–H and O–H groups in total. The average molecular weight is 408 g/mol. The van der Waals surface area contributed by atoms with Crippen LogP contribution in [0.25, 0.3) is 0 Å². The van der Waals surface area contributed by atoms with E-state index in [1.165, 1.54) is 16.7 Å². The highest BCUT2D eigenvalue weighted by atomic mass is 16.5. The lowest BCUT2D eigenvalue weighted by Crippen LogP contribution is -2.41. The molecule has 2 heterocycles. The highest BCUT2D eigenvalue weighted by molar-refractivity contribution is 5.78. The van der Waals surface area contributed by atoms with E-state index in [-0.39, 0.29) is 12.0 Å². The van der Waals surface area contributed by atoms with Gasteiger partial charge in [-0.2, -0.15) is 0 Å². The SMILES string of the molecule is Cc1ccc2c(c1)CN(CC(=O)NCC1CCN(Cc3ccccc3)C1)CC(C)O2. The number of hydrogen-bond donors (Lipinski definition) is 1. The molecular weight excluding hydrogens is 374 g/mol. The third kappa shape index (κ3) is 5.61. The lowest BCUT2D eigenvalue weighted by Gasteiger charge is -2.22. The van der Waals surface area contributed by atoms with Gasteiger partial charge in [0, 0.05) is 38.3 Å². The standard InChI is InChI=1S/C25H33N3O2/c1-19-8-9-24-23(12-19)17-28(14-20(2)30-24)18-25(29)26-13-22-10-11-27(16-22)15-21-6-4-3-5-7-21/h3-9,12,20,22H,10-11,13-18H2,1-2H3,(H,26,29). The van der Waals surface area contributed by atoms with Gasteiger partial charge in [-0.3, -0.25) is 14.6 Å². The molecule has 2 aromatic rings. The number of nitrogens with one attached hydrogen (secondary N) is 1. The van der Waals surface area contributed by atoms with Crippen LogP contribution in [-0.4, -0.2) is 54.5 Å². The van der Waals surface area contributed by atoms with Crippen LogP contribution in [0.4, 0.5) is 0 Å². The van der Waals surface area contributed by atoms with Gasteiger partial charge in [0.05, 0.1) is 6.54 Å². The number of carbonyl (C=O) groups excluding carboxylic acids is 1. The first-order valence-electron chi connectivity index (χ1n) is 11.1. The zero-order valence-corrected chi connectivity index (χ0v) is 18.1. The van der Waals surface area contributed by atoms with Crippen LogP contribution < -0.4 is 10.1 Å². The maximum atomic E-state index is 12.6. The Labute approximate surface area is 180 Å². The number of amides is 1. The Bertz CT molecular complexity index is 855. The molecule has 0 saturated carbocycles. The summed E-state index contributed by atoms with van der Waals surface area (Å²) >= 11 is 0. The predicted octanol–water partition coefficient (Wildman–Crippen LogP) is 3.22. The predicted molar refractivity (Wildman–Crippen MR) is 119 cm³/mol. The van der Waals surface area contributed by atoms with Crippen molar-refractivity contribution in [3.05, 3.63) is 65.2 Å². The molecule has 30 heavy (non-hydrogen) atoms. The zero-order valence-electron chi connectivity index (χ0n) is 18.1. The van der Waals surface area contributed by atoms with E-state index >= 15 is 0 Å². The molecule has 0 aliphatic carbocycles. The van der Waals surface area contributed by atoms with Crippen LogP contribution in [0.15, 0.2) is 48.5 Å². The Kier molecular flexibility index (Phi) is 6.70. The van der Waals surface area contributed by atoms with Crippen molar-refractivity contribution < 1.29 is 9.53 Å². The maximum absolute atomic E-state index is 12.6. The second-order valence-electron chi connectivity index (χ2n) is 8.89. The van der Waals surface area contributed by atoms with Gasteiger partial charge in [-0.15, -0.1) is 0 Å². The number of hydrogen-bond acceptors (Lipinski definition) is 4. The molecule has 2 aliphatic heterocycles. The first-order valence-corrected chi connectivity index (χ1v) is 11.1. The molecular formula is C25H33N3O2. The number of fused-ring (bicyclic) bond motifs is 1. The first kappa shape index (κ1) is 20.9. The van der Waals surface area contributed by atoms with Gasteiger partial charge in [-0.25, -0.2) is 0 Å². The number of benzene rings is 2. The summed E-state index contributed by atoms with van der Waals surface area (Å²) in [6.45, 7) is 10.0. The van der Waals surface area contributed by atoms with Gasteiger partial charge in [0.25, 0.3) is 0 Å². The number of ether oxygens (including phenoxy) is 1. The fraction of sp³-hybridized carbons (Fsp3) is 0.480. The smallest absolute Gasteiger partial charge is 0.234 e. The topological polar surface area (TPSA) is 44.8 Å². The number of carbonyl (C=O) groups is 1. The van der Waals surface area contributed by atoms with Crippen molar-refractivity contribution in [2.24, 2.45) is 5.92 Å². The Morgan fingerprint density at radius 1 is 1.13 bits per heavy atom. The largest absolute Gasteiger partial charge is 0.489 e. The van der Waals surface area contributed by atoms with E-state index in [4.69, 9.17) is 4.74 Å². The van der Waals surface area contributed by atoms with Gasteiger partial charge in [-0.05, 0) is 44.4 Å². The van der Waals surface area contributed by atoms with E-state index in [1.54, 1.807) is 0 Å². The molecule has 5 nitrogen and oxygen atoms in total. The highest BCUT2D eigenvalue weighted by Gasteiger charge is 2.25. The molecule has 0 radical (unpaired) electrons. The van der Waals surface area contributed by atoms with Crippen molar-refractivity contribution in [1.29, 1.82) is 0 Å². The molecule has 1 amide bonds. The lowest BCUT2D eigenvalue weighted by atomic mass is 10.1. The summed E-state index contributed by atoms with van der Waals surface area (Å²) in [5.74, 6) is 1.59. The van der Waals surface area contributed by atoms with E-state index in [9.17, 15) is 4.79 Å². The zero-order chi connectivity index (χ0) is 20.9. The van der Waals surface area contributed by atoms with Crippen molar-refractivity contribution in [3.63, 3.8) is 0 Å². The summed E-state index contributed by atoms with van der Waals surface area (Å²) in [4.78, 5) is 17.3. The van der Waals surface area contributed by atoms with Crippen molar-refractivity contribution in [3.8, 4) is 5.75 Å². The molecule has 1 saturated heterocycles. The van der Waals surface area contributed by atoms with Gasteiger partial charge in [0.15, 0.2) is 0 Å². The minimum atomic E-state index is 0.0723. The number of rotatable bonds is 6. The van der Waals surface area contributed by atoms with Gasteiger partial charge in [0.1, 0.15) is 11.9 Å². The van der Waals surface area contributed by atoms with Crippen molar-refractivity contribution in [2.45, 2.75) is 39.5 Å². The summed E-state index contributed by atoms with van der Waals surface area (Å²) in [6, 6.07) is 16.9. The van der Waals surface area contributed by atoms with Crippen molar-refractivity contribution >= 4 is 5.91 Å². The van der Waals surface area contributed by atoms with Crippen LogP contribution in [0.3, 0.4) is 0 Å². The van der Waals surface area contributed by atoms with Crippen LogP contribution >= 0.6 is 0 Å². The normalized spacial score (nSPS) is 22.2. The minimum absolute atomic E-state index is 0.0723. The average Bonchev–Trinajstić information content (AvgIpc) is 3.10. The molecule has 0 spiro atoms. The van der Waals surface area contributed by atoms with Crippen molar-refractivity contribution in [1.82, 2.24) is 15.1 Å². The Morgan fingerprint density at radius 2 is 1.97 bits per heavy atom. The van der Waals surface area contributed by atoms with Crippen LogP contribution in [0.1, 0.15) is 30.0 Å². The van der Waals surface area contributed by atoms with Gasteiger partial charge in [-0.1, -0.05) is 48.0 Å². The molecule has 4 rings (SSSR count). The van der Waals surface area contributed by atoms with E-state index in [1.807, 2.05) is 6.07 Å². The van der Waals surface area contributed by atoms with Gasteiger partial charge in [0.2, 0.25) is 5.91 Å². The molecule has 2 atom stereocenters. The number of likely N-dealkylation sites (tertiary alicyclic amines) is 1. The third-order valence-electron chi connectivity index (χ3n) is 6.03. The minimum Gasteiger partial charge on any atom is -0.489 e. The molecule has 2 unspecified atom stereocenters. The number of aryl methyl sites for hydroxylation is 1. The Morgan fingerprint density at radius 3 is 2.80 bits per heavy atom. The molecule has 5 heteroatoms. The first-order chi connectivity index (χ1) is 14.5. The van der Waals surface area contributed by atoms with Crippen LogP contribution in [0, 0.1) is 12.8 Å². The summed E-state index contributed by atoms with van der Waals surface area (Å²) in [5, 5.41) is 3.18. The Balaban J connectivity index is 1.24. The second kappa shape index (κ2) is 9.63. The summed E-state index contributed by atoms with van der Waals surface area (Å²) in [7, 11) is 0. The Hall–Kier alpha value is -2.37. The van der Waals surface area contributed by atoms with E-state index in [0.29, 0.717) is 12.5 Å². The van der Waals surface area contributed by atoms with E-state index < -0.39 is 0 Å². The second-order valence-corrected chi connectivity index (χ2v) is 8.89. The quantitative estimate of drug-likeness (QED) is 0.799. The number of nitrogens with zero attached hydrogens (tertiary/aromatic N) is 2. The molecule has 160 valence electrons. The maximum Gasteiger partial charge on any atom is 0.234 e. The van der Waals surface area contributed by atoms with E-state index in [2.05, 4.69) is 71.4 Å². The molecule has 2 aromatic carbocycles. The van der Waals surface area contributed by atoms with Gasteiger partial charge >= 0.3 is 0 Å². The van der Waals surface area contributed by atoms with Gasteiger partial charge < -0.3 is 10.1 Å². The third-order valence-corrected chi connectivity index (χ3v) is 6.03. The molecule has 2 aliphatic rings. The summed E-state index contributed by atoms with van der Waals surface area (Å²) in [6.07, 6.45) is 1.22. The van der Waals surface area contributed by atoms with E-state index in [0.717, 1.165) is 51.4 Å². The van der Waals surface area contributed by atoms with Crippen LogP contribution in [0.2, 0.25) is 0 Å². The fourth-order valence-corrected chi connectivity index (χ4v) is 4.57. The van der Waals surface area contributed by atoms with Crippen molar-refractivity contribution in [2.75, 3.05) is 32.7 Å². The molecule has 0 bridgehead atoms. The monoisotopic (exact) mass is 407 g/mol. The fourth-order valence-electron chi connectivity index (χ4n) is 4.57. The highest BCUT2D eigenvalue weighted by Crippen LogP contribution is 2.26. The lowest BCUT2D eigenvalue weighted by molar-refractivity contribution is -0.122. The van der Waals surface area contributed by atoms with Crippen LogP contribution in [0.5, 0.6) is 5.75 Å². The molecule has 1 fully saturated rings.